The van der Waals surface area contributed by atoms with Crippen molar-refractivity contribution in [3.8, 4) is 5.75 Å². The van der Waals surface area contributed by atoms with E-state index in [1.54, 1.807) is 37.3 Å². The van der Waals surface area contributed by atoms with E-state index in [0.717, 1.165) is 11.3 Å². The third kappa shape index (κ3) is 5.46. The molecule has 0 radical (unpaired) electrons. The molecule has 6 heteroatoms. The number of benzene rings is 2. The molecular weight excluding hydrogens is 338 g/mol. The van der Waals surface area contributed by atoms with E-state index < -0.39 is 10.0 Å². The second kappa shape index (κ2) is 8.48. The number of rotatable bonds is 8. The molecule has 0 unspecified atom stereocenters. The SMILES string of the molecule is CCOc1ccccc1C=CC(=O)c1ccc(NS(=O)(=O)CC)cc1. The Morgan fingerprint density at radius 3 is 2.40 bits per heavy atom. The first kappa shape index (κ1) is 18.7. The Morgan fingerprint density at radius 2 is 1.76 bits per heavy atom. The Bertz CT molecular complexity index is 855. The highest BCUT2D eigenvalue weighted by Crippen LogP contribution is 2.20. The molecule has 2 aromatic rings. The lowest BCUT2D eigenvalue weighted by Gasteiger charge is -2.07. The van der Waals surface area contributed by atoms with Gasteiger partial charge in [0.1, 0.15) is 5.75 Å². The Hall–Kier alpha value is -2.60. The third-order valence-corrected chi connectivity index (χ3v) is 4.76. The fraction of sp³-hybridized carbons (Fsp3) is 0.211. The van der Waals surface area contributed by atoms with E-state index in [-0.39, 0.29) is 11.5 Å². The molecule has 0 aliphatic rings. The van der Waals surface area contributed by atoms with Crippen molar-refractivity contribution in [1.82, 2.24) is 0 Å². The molecule has 132 valence electrons. The number of carbonyl (C=O) groups is 1. The van der Waals surface area contributed by atoms with E-state index >= 15 is 0 Å². The molecule has 0 saturated carbocycles. The third-order valence-electron chi connectivity index (χ3n) is 3.46. The van der Waals surface area contributed by atoms with Gasteiger partial charge in [-0.15, -0.1) is 0 Å². The summed E-state index contributed by atoms with van der Waals surface area (Å²) in [7, 11) is -3.32. The minimum Gasteiger partial charge on any atom is -0.493 e. The van der Waals surface area contributed by atoms with Gasteiger partial charge < -0.3 is 4.74 Å². The highest BCUT2D eigenvalue weighted by atomic mass is 32.2. The smallest absolute Gasteiger partial charge is 0.232 e. The molecule has 0 amide bonds. The summed E-state index contributed by atoms with van der Waals surface area (Å²) in [5.41, 5.74) is 1.73. The van der Waals surface area contributed by atoms with E-state index in [1.807, 2.05) is 31.2 Å². The molecule has 1 N–H and O–H groups in total. The van der Waals surface area contributed by atoms with Gasteiger partial charge in [-0.2, -0.15) is 0 Å². The van der Waals surface area contributed by atoms with Crippen LogP contribution in [0.25, 0.3) is 6.08 Å². The first-order chi connectivity index (χ1) is 11.9. The molecule has 2 aromatic carbocycles. The number of hydrogen-bond donors (Lipinski definition) is 1. The van der Waals surface area contributed by atoms with Gasteiger partial charge in [-0.25, -0.2) is 8.42 Å². The maximum absolute atomic E-state index is 12.3. The largest absolute Gasteiger partial charge is 0.493 e. The monoisotopic (exact) mass is 359 g/mol. The van der Waals surface area contributed by atoms with Crippen LogP contribution < -0.4 is 9.46 Å². The molecule has 0 aromatic heterocycles. The molecule has 0 atom stereocenters. The van der Waals surface area contributed by atoms with Crippen LogP contribution in [0, 0.1) is 0 Å². The number of anilines is 1. The fourth-order valence-electron chi connectivity index (χ4n) is 2.12. The molecule has 0 aliphatic heterocycles. The summed E-state index contributed by atoms with van der Waals surface area (Å²) in [5, 5.41) is 0. The van der Waals surface area contributed by atoms with Crippen LogP contribution in [0.3, 0.4) is 0 Å². The van der Waals surface area contributed by atoms with Crippen molar-refractivity contribution in [3.63, 3.8) is 0 Å². The predicted octanol–water partition coefficient (Wildman–Crippen LogP) is 3.74. The average molecular weight is 359 g/mol. The van der Waals surface area contributed by atoms with Crippen molar-refractivity contribution in [2.75, 3.05) is 17.1 Å². The number of allylic oxidation sites excluding steroid dienone is 1. The van der Waals surface area contributed by atoms with Crippen LogP contribution in [-0.4, -0.2) is 26.6 Å². The van der Waals surface area contributed by atoms with E-state index in [9.17, 15) is 13.2 Å². The highest BCUT2D eigenvalue weighted by molar-refractivity contribution is 7.92. The molecule has 0 bridgehead atoms. The van der Waals surface area contributed by atoms with Crippen molar-refractivity contribution in [1.29, 1.82) is 0 Å². The minimum absolute atomic E-state index is 0.00431. The Labute approximate surface area is 148 Å². The molecule has 0 fully saturated rings. The lowest BCUT2D eigenvalue weighted by Crippen LogP contribution is -2.14. The molecular formula is C19H21NO4S. The minimum atomic E-state index is -3.32. The quantitative estimate of drug-likeness (QED) is 0.576. The van der Waals surface area contributed by atoms with Crippen LogP contribution in [0.1, 0.15) is 29.8 Å². The summed E-state index contributed by atoms with van der Waals surface area (Å²) in [6, 6.07) is 13.8. The van der Waals surface area contributed by atoms with Crippen molar-refractivity contribution in [2.24, 2.45) is 0 Å². The molecule has 2 rings (SSSR count). The summed E-state index contributed by atoms with van der Waals surface area (Å²) in [6.07, 6.45) is 3.18. The lowest BCUT2D eigenvalue weighted by atomic mass is 10.1. The Morgan fingerprint density at radius 1 is 1.08 bits per heavy atom. The zero-order valence-corrected chi connectivity index (χ0v) is 15.0. The Kier molecular flexibility index (Phi) is 6.36. The number of ether oxygens (including phenoxy) is 1. The van der Waals surface area contributed by atoms with Gasteiger partial charge in [-0.1, -0.05) is 18.2 Å². The summed E-state index contributed by atoms with van der Waals surface area (Å²) in [6.45, 7) is 4.01. The highest BCUT2D eigenvalue weighted by Gasteiger charge is 2.08. The van der Waals surface area contributed by atoms with E-state index in [0.29, 0.717) is 17.9 Å². The fourth-order valence-corrected chi connectivity index (χ4v) is 2.76. The normalized spacial score (nSPS) is 11.4. The molecule has 25 heavy (non-hydrogen) atoms. The second-order valence-corrected chi connectivity index (χ2v) is 7.26. The number of nitrogens with one attached hydrogen (secondary N) is 1. The zero-order valence-electron chi connectivity index (χ0n) is 14.2. The summed E-state index contributed by atoms with van der Waals surface area (Å²) >= 11 is 0. The summed E-state index contributed by atoms with van der Waals surface area (Å²) in [4.78, 5) is 12.3. The van der Waals surface area contributed by atoms with Crippen molar-refractivity contribution in [2.45, 2.75) is 13.8 Å². The second-order valence-electron chi connectivity index (χ2n) is 5.25. The topological polar surface area (TPSA) is 72.5 Å². The first-order valence-corrected chi connectivity index (χ1v) is 9.65. The molecule has 0 saturated heterocycles. The number of carbonyl (C=O) groups excluding carboxylic acids is 1. The number of hydrogen-bond acceptors (Lipinski definition) is 4. The van der Waals surface area contributed by atoms with E-state index in [4.69, 9.17) is 4.74 Å². The Balaban J connectivity index is 2.11. The standard InChI is InChI=1S/C19H21NO4S/c1-3-24-19-8-6-5-7-16(19)11-14-18(21)15-9-12-17(13-10-15)20-25(22,23)4-2/h5-14,20H,3-4H2,1-2H3. The van der Waals surface area contributed by atoms with Crippen LogP contribution in [0.2, 0.25) is 0 Å². The average Bonchev–Trinajstić information content (AvgIpc) is 2.61. The van der Waals surface area contributed by atoms with Crippen LogP contribution in [-0.2, 0) is 10.0 Å². The van der Waals surface area contributed by atoms with E-state index in [2.05, 4.69) is 4.72 Å². The van der Waals surface area contributed by atoms with Gasteiger partial charge in [0, 0.05) is 16.8 Å². The van der Waals surface area contributed by atoms with Crippen LogP contribution in [0.4, 0.5) is 5.69 Å². The van der Waals surface area contributed by atoms with Crippen molar-refractivity contribution < 1.29 is 17.9 Å². The number of ketones is 1. The number of para-hydroxylation sites is 1. The molecule has 0 aliphatic carbocycles. The van der Waals surface area contributed by atoms with Crippen molar-refractivity contribution >= 4 is 27.6 Å². The molecule has 0 spiro atoms. The predicted molar refractivity (Wildman–Crippen MR) is 101 cm³/mol. The van der Waals surface area contributed by atoms with Gasteiger partial charge in [0.2, 0.25) is 10.0 Å². The van der Waals surface area contributed by atoms with Crippen molar-refractivity contribution in [3.05, 3.63) is 65.7 Å². The summed E-state index contributed by atoms with van der Waals surface area (Å²) < 4.78 is 31.0. The van der Waals surface area contributed by atoms with E-state index in [1.165, 1.54) is 6.08 Å². The van der Waals surface area contributed by atoms with Gasteiger partial charge in [0.05, 0.1) is 12.4 Å². The maximum atomic E-state index is 12.3. The van der Waals surface area contributed by atoms with Gasteiger partial charge in [0.15, 0.2) is 5.78 Å². The molecule has 0 heterocycles. The maximum Gasteiger partial charge on any atom is 0.232 e. The summed E-state index contributed by atoms with van der Waals surface area (Å²) in [5.74, 6) is 0.546. The van der Waals surface area contributed by atoms with Gasteiger partial charge >= 0.3 is 0 Å². The van der Waals surface area contributed by atoms with Gasteiger partial charge in [-0.3, -0.25) is 9.52 Å². The van der Waals surface area contributed by atoms with Gasteiger partial charge in [0.25, 0.3) is 0 Å². The molecule has 5 nitrogen and oxygen atoms in total. The number of sulfonamides is 1. The van der Waals surface area contributed by atoms with Gasteiger partial charge in [-0.05, 0) is 56.3 Å². The van der Waals surface area contributed by atoms with Crippen LogP contribution >= 0.6 is 0 Å². The zero-order chi connectivity index (χ0) is 18.3. The van der Waals surface area contributed by atoms with Crippen LogP contribution in [0.5, 0.6) is 5.75 Å². The van der Waals surface area contributed by atoms with Crippen LogP contribution in [0.15, 0.2) is 54.6 Å². The lowest BCUT2D eigenvalue weighted by molar-refractivity contribution is 0.104. The first-order valence-electron chi connectivity index (χ1n) is 8.00.